The molecule has 3 aromatic rings. The van der Waals surface area contributed by atoms with Crippen molar-refractivity contribution in [3.05, 3.63) is 64.7 Å². The number of aliphatic carboxylic acids is 1. The highest BCUT2D eigenvalue weighted by Crippen LogP contribution is 2.48. The molecule has 5 rings (SSSR count). The molecule has 0 unspecified atom stereocenters. The summed E-state index contributed by atoms with van der Waals surface area (Å²) in [7, 11) is 0. The van der Waals surface area contributed by atoms with E-state index in [9.17, 15) is 37.5 Å². The van der Waals surface area contributed by atoms with E-state index >= 15 is 0 Å². The Hall–Kier alpha value is -4.99. The molecule has 0 bridgehead atoms. The second kappa shape index (κ2) is 17.0. The van der Waals surface area contributed by atoms with Crippen molar-refractivity contribution >= 4 is 52.8 Å². The summed E-state index contributed by atoms with van der Waals surface area (Å²) in [6, 6.07) is 10.7. The van der Waals surface area contributed by atoms with Crippen LogP contribution < -0.4 is 26.0 Å². The van der Waals surface area contributed by atoms with Gasteiger partial charge in [-0.05, 0) is 74.1 Å². The number of benzene rings is 2. The number of alkyl halides is 3. The maximum atomic E-state index is 12.9. The van der Waals surface area contributed by atoms with E-state index in [4.69, 9.17) is 16.3 Å². The predicted molar refractivity (Wildman–Crippen MR) is 184 cm³/mol. The van der Waals surface area contributed by atoms with Crippen LogP contribution in [-0.4, -0.2) is 68.5 Å². The summed E-state index contributed by atoms with van der Waals surface area (Å²) in [5, 5.41) is 21.4. The van der Waals surface area contributed by atoms with Crippen LogP contribution in [0.15, 0.2) is 48.5 Å². The van der Waals surface area contributed by atoms with Crippen molar-refractivity contribution in [3.63, 3.8) is 0 Å². The van der Waals surface area contributed by atoms with Gasteiger partial charge in [-0.2, -0.15) is 28.1 Å². The maximum absolute atomic E-state index is 12.9. The van der Waals surface area contributed by atoms with Gasteiger partial charge in [-0.25, -0.2) is 4.79 Å². The normalized spacial score (nSPS) is 16.4. The van der Waals surface area contributed by atoms with Crippen molar-refractivity contribution in [2.45, 2.75) is 94.4 Å². The van der Waals surface area contributed by atoms with Gasteiger partial charge in [-0.15, -0.1) is 0 Å². The molecule has 2 amide bonds. The Kier molecular flexibility index (Phi) is 12.5. The molecule has 2 aliphatic rings. The van der Waals surface area contributed by atoms with Gasteiger partial charge in [0, 0.05) is 28.7 Å². The molecule has 278 valence electrons. The van der Waals surface area contributed by atoms with Crippen molar-refractivity contribution in [1.82, 2.24) is 25.6 Å². The molecule has 0 spiro atoms. The first kappa shape index (κ1) is 38.2. The van der Waals surface area contributed by atoms with E-state index in [1.165, 1.54) is 24.3 Å². The van der Waals surface area contributed by atoms with E-state index in [0.717, 1.165) is 50.5 Å². The average Bonchev–Trinajstić information content (AvgIpc) is 3.86. The number of ether oxygens (including phenoxy) is 1. The lowest BCUT2D eigenvalue weighted by Crippen LogP contribution is -2.43. The van der Waals surface area contributed by atoms with Crippen LogP contribution in [0.3, 0.4) is 0 Å². The number of ketones is 1. The van der Waals surface area contributed by atoms with Crippen LogP contribution in [0.5, 0.6) is 6.01 Å². The topological polar surface area (TPSA) is 185 Å². The van der Waals surface area contributed by atoms with Gasteiger partial charge < -0.3 is 31.1 Å². The Morgan fingerprint density at radius 1 is 0.904 bits per heavy atom. The Morgan fingerprint density at radius 3 is 2.15 bits per heavy atom. The van der Waals surface area contributed by atoms with Crippen LogP contribution in [0.4, 0.5) is 30.8 Å². The number of aromatic nitrogens is 3. The molecule has 17 heteroatoms. The van der Waals surface area contributed by atoms with E-state index < -0.39 is 53.9 Å². The Labute approximate surface area is 302 Å². The fourth-order valence-corrected chi connectivity index (χ4v) is 5.99. The second-order valence-corrected chi connectivity index (χ2v) is 13.4. The lowest BCUT2D eigenvalue weighted by Gasteiger charge is -2.20. The molecule has 2 aromatic carbocycles. The summed E-state index contributed by atoms with van der Waals surface area (Å²) < 4.78 is 43.6. The molecular formula is C35H39ClF3N7O6. The number of carboxylic acids is 1. The molecular weight excluding hydrogens is 707 g/mol. The molecule has 2 saturated carbocycles. The van der Waals surface area contributed by atoms with Crippen LogP contribution >= 0.6 is 11.6 Å². The van der Waals surface area contributed by atoms with Gasteiger partial charge in [-0.1, -0.05) is 55.8 Å². The van der Waals surface area contributed by atoms with Gasteiger partial charge in [0.1, 0.15) is 6.04 Å². The number of hydrogen-bond acceptors (Lipinski definition) is 10. The quantitative estimate of drug-likeness (QED) is 0.114. The molecule has 52 heavy (non-hydrogen) atoms. The number of rotatable bonds is 15. The highest BCUT2D eigenvalue weighted by atomic mass is 35.5. The number of Topliss-reactive ketones (excluding diaryl/α,β-unsaturated/α-hetero) is 1. The summed E-state index contributed by atoms with van der Waals surface area (Å²) in [6.07, 6.45) is 2.95. The fraction of sp³-hybridized carbons (Fsp3) is 0.457. The average molecular weight is 746 g/mol. The van der Waals surface area contributed by atoms with Crippen molar-refractivity contribution in [1.29, 1.82) is 0 Å². The third-order valence-electron chi connectivity index (χ3n) is 8.84. The number of nitrogens with one attached hydrogen (secondary N) is 4. The second-order valence-electron chi connectivity index (χ2n) is 12.9. The van der Waals surface area contributed by atoms with Gasteiger partial charge >= 0.3 is 18.2 Å². The van der Waals surface area contributed by atoms with Gasteiger partial charge in [-0.3, -0.25) is 14.4 Å². The Morgan fingerprint density at radius 2 is 1.54 bits per heavy atom. The fourth-order valence-electron chi connectivity index (χ4n) is 5.86. The highest BCUT2D eigenvalue weighted by molar-refractivity contribution is 6.36. The lowest BCUT2D eigenvalue weighted by molar-refractivity contribution is -0.154. The summed E-state index contributed by atoms with van der Waals surface area (Å²) in [5.74, 6) is -3.79. The number of carboxylic acid groups (broad SMARTS) is 1. The SMILES string of the molecule is O=C(CC[C@H](NC(=O)c1ccc(Nc2nc(NC3(c4ccc(Cl)cc4)CC3)nc(OCC(F)(F)F)n2)cc1)C(=O)O)C(=O)NC1CCCCCCC1. The standard InChI is InChI=1S/C35H39ClF3N7O6/c36-23-12-10-22(11-13-23)34(18-19-34)46-32-43-31(44-33(45-32)52-20-35(37,38)39)41-25-14-8-21(9-15-25)28(48)42-26(30(50)51)16-17-27(47)29(49)40-24-6-4-2-1-3-5-7-24/h8-15,24,26H,1-7,16-20H2,(H,40,49)(H,42,48)(H,50,51)(H2,41,43,44,45,46)/t26-/m0/s1. The maximum Gasteiger partial charge on any atom is 0.422 e. The first-order valence-electron chi connectivity index (χ1n) is 17.0. The molecule has 2 fully saturated rings. The van der Waals surface area contributed by atoms with Gasteiger partial charge in [0.2, 0.25) is 17.7 Å². The molecule has 0 saturated heterocycles. The zero-order valence-electron chi connectivity index (χ0n) is 28.1. The van der Waals surface area contributed by atoms with E-state index in [-0.39, 0.29) is 36.3 Å². The Balaban J connectivity index is 1.20. The summed E-state index contributed by atoms with van der Waals surface area (Å²) in [5.41, 5.74) is 0.753. The van der Waals surface area contributed by atoms with Crippen LogP contribution in [-0.2, 0) is 19.9 Å². The minimum atomic E-state index is -4.64. The molecule has 1 aromatic heterocycles. The van der Waals surface area contributed by atoms with Crippen molar-refractivity contribution in [2.24, 2.45) is 0 Å². The first-order valence-corrected chi connectivity index (χ1v) is 17.4. The number of halogens is 4. The van der Waals surface area contributed by atoms with Crippen LogP contribution in [0, 0.1) is 0 Å². The van der Waals surface area contributed by atoms with Crippen molar-refractivity contribution in [2.75, 3.05) is 17.2 Å². The zero-order chi connectivity index (χ0) is 37.3. The monoisotopic (exact) mass is 745 g/mol. The summed E-state index contributed by atoms with van der Waals surface area (Å²) in [4.78, 5) is 62.1. The van der Waals surface area contributed by atoms with E-state index in [1.807, 2.05) is 12.1 Å². The predicted octanol–water partition coefficient (Wildman–Crippen LogP) is 6.07. The molecule has 13 nitrogen and oxygen atoms in total. The number of nitrogens with zero attached hydrogens (tertiary/aromatic N) is 3. The number of hydrogen-bond donors (Lipinski definition) is 5. The van der Waals surface area contributed by atoms with Crippen LogP contribution in [0.25, 0.3) is 0 Å². The zero-order valence-corrected chi connectivity index (χ0v) is 28.9. The molecule has 0 radical (unpaired) electrons. The summed E-state index contributed by atoms with van der Waals surface area (Å²) >= 11 is 6.02. The van der Waals surface area contributed by atoms with Gasteiger partial charge in [0.25, 0.3) is 11.8 Å². The van der Waals surface area contributed by atoms with Crippen molar-refractivity contribution in [3.8, 4) is 6.01 Å². The smallest absolute Gasteiger partial charge is 0.422 e. The summed E-state index contributed by atoms with van der Waals surface area (Å²) in [6.45, 7) is -1.62. The molecule has 0 aliphatic heterocycles. The minimum absolute atomic E-state index is 0.0337. The third kappa shape index (κ3) is 11.3. The van der Waals surface area contributed by atoms with Gasteiger partial charge in [0.15, 0.2) is 6.61 Å². The lowest BCUT2D eigenvalue weighted by atomic mass is 9.96. The molecule has 5 N–H and O–H groups in total. The van der Waals surface area contributed by atoms with E-state index in [2.05, 4.69) is 36.2 Å². The minimum Gasteiger partial charge on any atom is -0.480 e. The number of carbonyl (C=O) groups excluding carboxylic acids is 3. The molecule has 1 atom stereocenters. The number of amides is 2. The van der Waals surface area contributed by atoms with Crippen LogP contribution in [0.1, 0.15) is 86.6 Å². The van der Waals surface area contributed by atoms with E-state index in [0.29, 0.717) is 23.6 Å². The molecule has 2 aliphatic carbocycles. The third-order valence-corrected chi connectivity index (χ3v) is 9.09. The van der Waals surface area contributed by atoms with Crippen molar-refractivity contribution < 1.29 is 42.2 Å². The largest absolute Gasteiger partial charge is 0.480 e. The highest BCUT2D eigenvalue weighted by Gasteiger charge is 2.45. The van der Waals surface area contributed by atoms with Crippen LogP contribution in [0.2, 0.25) is 5.02 Å². The Bertz CT molecular complexity index is 1730. The van der Waals surface area contributed by atoms with E-state index in [1.54, 1.807) is 12.1 Å². The number of anilines is 3. The first-order chi connectivity index (χ1) is 24.8. The number of carbonyl (C=O) groups is 4. The van der Waals surface area contributed by atoms with Gasteiger partial charge in [0.05, 0.1) is 5.54 Å². The molecule has 1 heterocycles.